The number of rotatable bonds is 1. The van der Waals surface area contributed by atoms with Crippen LogP contribution >= 0.6 is 23.2 Å². The largest absolute Gasteiger partial charge is 0.308 e. The van der Waals surface area contributed by atoms with Crippen molar-refractivity contribution in [2.75, 3.05) is 11.4 Å². The molecule has 1 atom stereocenters. The maximum absolute atomic E-state index is 13.8. The van der Waals surface area contributed by atoms with Crippen LogP contribution in [-0.4, -0.2) is 12.5 Å². The van der Waals surface area contributed by atoms with Gasteiger partial charge in [-0.2, -0.15) is 0 Å². The first kappa shape index (κ1) is 13.1. The average molecular weight is 290 g/mol. The lowest BCUT2D eigenvalue weighted by Crippen LogP contribution is -2.25. The van der Waals surface area contributed by atoms with Crippen LogP contribution < -0.4 is 4.90 Å². The molecule has 0 saturated carbocycles. The Morgan fingerprint density at radius 3 is 2.61 bits per heavy atom. The first-order valence-corrected chi connectivity index (χ1v) is 5.80. The van der Waals surface area contributed by atoms with Gasteiger partial charge in [0.2, 0.25) is 5.91 Å². The first-order chi connectivity index (χ1) is 8.45. The fourth-order valence-corrected chi connectivity index (χ4v) is 2.25. The van der Waals surface area contributed by atoms with E-state index in [4.69, 9.17) is 29.6 Å². The number of carbonyl (C=O) groups excluding carboxylic acids is 1. The molecule has 1 aliphatic heterocycles. The highest BCUT2D eigenvalue weighted by molar-refractivity contribution is 6.35. The second-order valence-corrected chi connectivity index (χ2v) is 4.68. The molecule has 1 aliphatic rings. The van der Waals surface area contributed by atoms with Crippen molar-refractivity contribution in [3.63, 3.8) is 0 Å². The maximum Gasteiger partial charge on any atom is 0.228 e. The van der Waals surface area contributed by atoms with Crippen LogP contribution in [0.5, 0.6) is 0 Å². The number of anilines is 1. The average Bonchev–Trinajstić information content (AvgIpc) is 2.72. The number of amides is 1. The number of benzene rings is 1. The third-order valence-corrected chi connectivity index (χ3v) is 3.34. The predicted molar refractivity (Wildman–Crippen MR) is 65.7 cm³/mol. The van der Waals surface area contributed by atoms with Gasteiger partial charge < -0.3 is 4.90 Å². The van der Waals surface area contributed by atoms with Crippen molar-refractivity contribution < 1.29 is 13.6 Å². The van der Waals surface area contributed by atoms with E-state index in [0.29, 0.717) is 0 Å². The molecule has 6 heteroatoms. The monoisotopic (exact) mass is 289 g/mol. The Labute approximate surface area is 112 Å². The zero-order chi connectivity index (χ0) is 13.4. The molecule has 0 aliphatic carbocycles. The molecule has 0 radical (unpaired) electrons. The fourth-order valence-electron chi connectivity index (χ4n) is 1.81. The minimum Gasteiger partial charge on any atom is -0.308 e. The molecule has 18 heavy (non-hydrogen) atoms. The molecular formula is C12H7Cl2F2NO. The molecule has 0 N–H and O–H groups in total. The molecule has 0 bridgehead atoms. The summed E-state index contributed by atoms with van der Waals surface area (Å²) in [6.07, 6.45) is 5.35. The quantitative estimate of drug-likeness (QED) is 0.441. The Bertz CT molecular complexity index is 568. The van der Waals surface area contributed by atoms with Crippen molar-refractivity contribution in [3.8, 4) is 12.3 Å². The van der Waals surface area contributed by atoms with E-state index < -0.39 is 16.7 Å². The lowest BCUT2D eigenvalue weighted by atomic mass is 10.1. The molecule has 2 rings (SSSR count). The third kappa shape index (κ3) is 2.05. The van der Waals surface area contributed by atoms with Gasteiger partial charge in [0.25, 0.3) is 0 Å². The van der Waals surface area contributed by atoms with E-state index in [0.717, 1.165) is 11.0 Å². The van der Waals surface area contributed by atoms with Gasteiger partial charge in [0.15, 0.2) is 11.6 Å². The Morgan fingerprint density at radius 1 is 1.39 bits per heavy atom. The van der Waals surface area contributed by atoms with Gasteiger partial charge in [-0.05, 0) is 6.07 Å². The van der Waals surface area contributed by atoms with E-state index in [2.05, 4.69) is 5.92 Å². The van der Waals surface area contributed by atoms with E-state index in [1.807, 2.05) is 0 Å². The maximum atomic E-state index is 13.8. The van der Waals surface area contributed by atoms with Crippen LogP contribution in [0.15, 0.2) is 6.07 Å². The van der Waals surface area contributed by atoms with Crippen molar-refractivity contribution in [1.82, 2.24) is 0 Å². The summed E-state index contributed by atoms with van der Waals surface area (Å²) in [5.41, 5.74) is -0.144. The van der Waals surface area contributed by atoms with Gasteiger partial charge in [0.05, 0.1) is 10.7 Å². The summed E-state index contributed by atoms with van der Waals surface area (Å²) >= 11 is 11.1. The Balaban J connectivity index is 2.47. The van der Waals surface area contributed by atoms with Gasteiger partial charge in [-0.25, -0.2) is 8.78 Å². The van der Waals surface area contributed by atoms with Crippen LogP contribution in [0.25, 0.3) is 0 Å². The molecule has 1 unspecified atom stereocenters. The highest BCUT2D eigenvalue weighted by atomic mass is 35.5. The zero-order valence-electron chi connectivity index (χ0n) is 9.01. The Kier molecular flexibility index (Phi) is 3.47. The van der Waals surface area contributed by atoms with E-state index in [-0.39, 0.29) is 35.5 Å². The molecular weight excluding hydrogens is 283 g/mol. The zero-order valence-corrected chi connectivity index (χ0v) is 10.5. The molecule has 0 aromatic heterocycles. The normalized spacial score (nSPS) is 19.2. The topological polar surface area (TPSA) is 20.3 Å². The van der Waals surface area contributed by atoms with Gasteiger partial charge in [-0.15, -0.1) is 12.3 Å². The standard InChI is InChI=1S/C12H7Cl2F2NO/c1-2-6-3-9(18)17(5-6)8-4-7(13)11(15)10(14)12(8)16/h1,4,6H,3,5H2. The van der Waals surface area contributed by atoms with Crippen molar-refractivity contribution in [3.05, 3.63) is 27.7 Å². The summed E-state index contributed by atoms with van der Waals surface area (Å²) in [5.74, 6) is -0.252. The van der Waals surface area contributed by atoms with Gasteiger partial charge in [-0.1, -0.05) is 23.2 Å². The summed E-state index contributed by atoms with van der Waals surface area (Å²) in [6.45, 7) is 0.171. The summed E-state index contributed by atoms with van der Waals surface area (Å²) in [4.78, 5) is 12.8. The van der Waals surface area contributed by atoms with Crippen molar-refractivity contribution >= 4 is 34.8 Å². The van der Waals surface area contributed by atoms with E-state index >= 15 is 0 Å². The highest BCUT2D eigenvalue weighted by Crippen LogP contribution is 2.35. The molecule has 1 saturated heterocycles. The van der Waals surface area contributed by atoms with Crippen molar-refractivity contribution in [2.45, 2.75) is 6.42 Å². The molecule has 2 nitrogen and oxygen atoms in total. The molecule has 1 aromatic carbocycles. The van der Waals surface area contributed by atoms with Gasteiger partial charge in [0, 0.05) is 18.9 Å². The summed E-state index contributed by atoms with van der Waals surface area (Å²) in [5, 5.41) is -1.07. The highest BCUT2D eigenvalue weighted by Gasteiger charge is 2.32. The Morgan fingerprint density at radius 2 is 2.06 bits per heavy atom. The minimum absolute atomic E-state index is 0.128. The summed E-state index contributed by atoms with van der Waals surface area (Å²) in [6, 6.07) is 1.04. The molecule has 1 amide bonds. The van der Waals surface area contributed by atoms with Crippen molar-refractivity contribution in [1.29, 1.82) is 0 Å². The van der Waals surface area contributed by atoms with Crippen LogP contribution in [0.4, 0.5) is 14.5 Å². The second-order valence-electron chi connectivity index (χ2n) is 3.89. The number of hydrogen-bond donors (Lipinski definition) is 0. The smallest absolute Gasteiger partial charge is 0.228 e. The molecule has 1 aromatic rings. The third-order valence-electron chi connectivity index (χ3n) is 2.73. The van der Waals surface area contributed by atoms with E-state index in [9.17, 15) is 13.6 Å². The van der Waals surface area contributed by atoms with Crippen molar-refractivity contribution in [2.24, 2.45) is 5.92 Å². The molecule has 1 heterocycles. The lowest BCUT2D eigenvalue weighted by molar-refractivity contribution is -0.117. The molecule has 94 valence electrons. The lowest BCUT2D eigenvalue weighted by Gasteiger charge is -2.18. The van der Waals surface area contributed by atoms with Crippen LogP contribution in [0, 0.1) is 29.9 Å². The predicted octanol–water partition coefficient (Wildman–Crippen LogP) is 3.26. The number of carbonyl (C=O) groups is 1. The van der Waals surface area contributed by atoms with Gasteiger partial charge in [0.1, 0.15) is 5.02 Å². The minimum atomic E-state index is -1.04. The van der Waals surface area contributed by atoms with E-state index in [1.165, 1.54) is 0 Å². The SMILES string of the molecule is C#CC1CC(=O)N(c2cc(Cl)c(F)c(Cl)c2F)C1. The number of halogens is 4. The van der Waals surface area contributed by atoms with Crippen LogP contribution in [0.3, 0.4) is 0 Å². The molecule has 1 fully saturated rings. The fraction of sp³-hybridized carbons (Fsp3) is 0.250. The van der Waals surface area contributed by atoms with Gasteiger partial charge in [-0.3, -0.25) is 4.79 Å². The first-order valence-electron chi connectivity index (χ1n) is 5.05. The Hall–Kier alpha value is -1.31. The summed E-state index contributed by atoms with van der Waals surface area (Å²) in [7, 11) is 0. The number of nitrogens with zero attached hydrogens (tertiary/aromatic N) is 1. The van der Waals surface area contributed by atoms with Gasteiger partial charge >= 0.3 is 0 Å². The summed E-state index contributed by atoms with van der Waals surface area (Å²) < 4.78 is 27.1. The van der Waals surface area contributed by atoms with E-state index in [1.54, 1.807) is 0 Å². The number of terminal acetylenes is 1. The second kappa shape index (κ2) is 4.75. The van der Waals surface area contributed by atoms with Crippen LogP contribution in [0.1, 0.15) is 6.42 Å². The number of hydrogen-bond acceptors (Lipinski definition) is 1. The van der Waals surface area contributed by atoms with Crippen LogP contribution in [0.2, 0.25) is 10.0 Å². The molecule has 0 spiro atoms. The van der Waals surface area contributed by atoms with Crippen LogP contribution in [-0.2, 0) is 4.79 Å².